The number of nitrogens with two attached hydrogens (primary N) is 1. The summed E-state index contributed by atoms with van der Waals surface area (Å²) in [5.41, 5.74) is 8.44. The quantitative estimate of drug-likeness (QED) is 0.385. The third kappa shape index (κ3) is 4.53. The van der Waals surface area contributed by atoms with Gasteiger partial charge in [0.2, 0.25) is 11.8 Å². The van der Waals surface area contributed by atoms with Crippen molar-refractivity contribution in [2.24, 2.45) is 5.92 Å². The molecule has 0 saturated heterocycles. The van der Waals surface area contributed by atoms with Gasteiger partial charge in [0.25, 0.3) is 0 Å². The molecule has 0 atom stereocenters. The van der Waals surface area contributed by atoms with E-state index in [2.05, 4.69) is 25.9 Å². The van der Waals surface area contributed by atoms with Crippen LogP contribution in [-0.2, 0) is 9.53 Å². The van der Waals surface area contributed by atoms with Crippen LogP contribution >= 0.6 is 12.4 Å². The van der Waals surface area contributed by atoms with Crippen LogP contribution in [0.2, 0.25) is 0 Å². The van der Waals surface area contributed by atoms with Gasteiger partial charge in [-0.1, -0.05) is 0 Å². The van der Waals surface area contributed by atoms with Crippen molar-refractivity contribution < 1.29 is 23.5 Å². The lowest BCUT2D eigenvalue weighted by atomic mass is 9.81. The number of nitrogen functional groups attached to an aromatic ring is 1. The highest BCUT2D eigenvalue weighted by molar-refractivity contribution is 5.99. The van der Waals surface area contributed by atoms with Crippen LogP contribution in [-0.4, -0.2) is 48.3 Å². The molecule has 1 aliphatic heterocycles. The van der Waals surface area contributed by atoms with E-state index in [0.717, 1.165) is 11.3 Å². The lowest BCUT2D eigenvalue weighted by Gasteiger charge is -2.32. The number of carbonyl (C=O) groups excluding carboxylic acids is 2. The van der Waals surface area contributed by atoms with Gasteiger partial charge in [-0.25, -0.2) is 19.2 Å². The molecule has 5 rings (SSSR count). The van der Waals surface area contributed by atoms with E-state index in [1.165, 1.54) is 6.20 Å². The normalized spacial score (nSPS) is 18.0. The molecule has 3 heterocycles. The molecule has 2 aliphatic rings. The number of aromatic nitrogens is 2. The number of fused-ring (bicyclic) bond motifs is 2. The summed E-state index contributed by atoms with van der Waals surface area (Å²) in [5.74, 6) is -0.0615. The number of carbonyl (C=O) groups is 2. The zero-order valence-corrected chi connectivity index (χ0v) is 20.5. The first-order valence-corrected chi connectivity index (χ1v) is 11.3. The number of nitrogens with one attached hydrogen (secondary N) is 3. The van der Waals surface area contributed by atoms with E-state index in [4.69, 9.17) is 15.2 Å². The smallest absolute Gasteiger partial charge is 0.413 e. The SMILES string of the molecule is CNC(=O)C1CC(OC(=O)Nc2cc3cc(-c4cnc5c(c4C)NCCO5)c(F)c(N)c3cn2)C1.Cl. The van der Waals surface area contributed by atoms with Gasteiger partial charge in [0.05, 0.1) is 5.69 Å². The van der Waals surface area contributed by atoms with E-state index in [0.29, 0.717) is 48.2 Å². The third-order valence-electron chi connectivity index (χ3n) is 6.45. The largest absolute Gasteiger partial charge is 0.474 e. The van der Waals surface area contributed by atoms with Crippen molar-refractivity contribution >= 4 is 52.4 Å². The van der Waals surface area contributed by atoms with Crippen LogP contribution in [0.1, 0.15) is 18.4 Å². The number of halogens is 2. The zero-order valence-electron chi connectivity index (χ0n) is 19.7. The first-order chi connectivity index (χ1) is 16.9. The highest BCUT2D eigenvalue weighted by Crippen LogP contribution is 2.39. The lowest BCUT2D eigenvalue weighted by molar-refractivity contribution is -0.130. The van der Waals surface area contributed by atoms with Gasteiger partial charge >= 0.3 is 6.09 Å². The Bertz CT molecular complexity index is 1350. The average molecular weight is 517 g/mol. The number of amides is 2. The van der Waals surface area contributed by atoms with Crippen molar-refractivity contribution in [1.82, 2.24) is 15.3 Å². The maximum absolute atomic E-state index is 15.3. The Morgan fingerprint density at radius 1 is 1.22 bits per heavy atom. The second-order valence-corrected chi connectivity index (χ2v) is 8.63. The van der Waals surface area contributed by atoms with E-state index >= 15 is 4.39 Å². The molecule has 2 amide bonds. The zero-order chi connectivity index (χ0) is 24.7. The molecule has 0 unspecified atom stereocenters. The van der Waals surface area contributed by atoms with Crippen LogP contribution in [0.4, 0.5) is 26.4 Å². The lowest BCUT2D eigenvalue weighted by Crippen LogP contribution is -2.42. The molecule has 0 spiro atoms. The van der Waals surface area contributed by atoms with Crippen LogP contribution in [0.5, 0.6) is 5.88 Å². The maximum atomic E-state index is 15.3. The molecule has 12 heteroatoms. The monoisotopic (exact) mass is 516 g/mol. The van der Waals surface area contributed by atoms with Crippen LogP contribution in [0.25, 0.3) is 21.9 Å². The van der Waals surface area contributed by atoms with E-state index in [1.54, 1.807) is 25.4 Å². The Hall–Kier alpha value is -3.86. The second-order valence-electron chi connectivity index (χ2n) is 8.63. The van der Waals surface area contributed by atoms with Crippen LogP contribution in [0.15, 0.2) is 24.5 Å². The minimum atomic E-state index is -0.673. The van der Waals surface area contributed by atoms with E-state index in [-0.39, 0.29) is 47.4 Å². The molecule has 1 aromatic carbocycles. The van der Waals surface area contributed by atoms with Gasteiger partial charge in [0, 0.05) is 48.4 Å². The molecule has 190 valence electrons. The average Bonchev–Trinajstić information content (AvgIpc) is 2.83. The highest BCUT2D eigenvalue weighted by atomic mass is 35.5. The van der Waals surface area contributed by atoms with Crippen molar-refractivity contribution in [3.05, 3.63) is 35.9 Å². The maximum Gasteiger partial charge on any atom is 0.413 e. The summed E-state index contributed by atoms with van der Waals surface area (Å²) in [6.45, 7) is 3.00. The van der Waals surface area contributed by atoms with E-state index in [1.807, 2.05) is 6.92 Å². The first-order valence-electron chi connectivity index (χ1n) is 11.3. The summed E-state index contributed by atoms with van der Waals surface area (Å²) in [6, 6.07) is 3.26. The molecular weight excluding hydrogens is 491 g/mol. The van der Waals surface area contributed by atoms with Crippen molar-refractivity contribution in [3.8, 4) is 17.0 Å². The van der Waals surface area contributed by atoms with Crippen LogP contribution in [0.3, 0.4) is 0 Å². The Morgan fingerprint density at radius 2 is 2.00 bits per heavy atom. The second kappa shape index (κ2) is 10.0. The van der Waals surface area contributed by atoms with E-state index in [9.17, 15) is 9.59 Å². The molecule has 3 aromatic rings. The number of anilines is 3. The van der Waals surface area contributed by atoms with Crippen molar-refractivity contribution in [2.75, 3.05) is 36.6 Å². The molecule has 10 nitrogen and oxygen atoms in total. The minimum absolute atomic E-state index is 0. The number of hydrogen-bond donors (Lipinski definition) is 4. The number of pyridine rings is 2. The van der Waals surface area contributed by atoms with Crippen LogP contribution in [0, 0.1) is 18.7 Å². The molecule has 1 saturated carbocycles. The molecule has 5 N–H and O–H groups in total. The van der Waals surface area contributed by atoms with Gasteiger partial charge in [0.15, 0.2) is 5.82 Å². The summed E-state index contributed by atoms with van der Waals surface area (Å²) >= 11 is 0. The molecular formula is C24H26ClFN6O4. The van der Waals surface area contributed by atoms with Crippen LogP contribution < -0.4 is 26.4 Å². The van der Waals surface area contributed by atoms with Crippen molar-refractivity contribution in [2.45, 2.75) is 25.9 Å². The number of hydrogen-bond acceptors (Lipinski definition) is 8. The molecule has 1 fully saturated rings. The predicted molar refractivity (Wildman–Crippen MR) is 136 cm³/mol. The van der Waals surface area contributed by atoms with E-state index < -0.39 is 11.9 Å². The highest BCUT2D eigenvalue weighted by Gasteiger charge is 2.36. The van der Waals surface area contributed by atoms with Gasteiger partial charge in [0.1, 0.15) is 24.2 Å². The molecule has 0 radical (unpaired) electrons. The number of nitrogens with zero attached hydrogens (tertiary/aromatic N) is 2. The van der Waals surface area contributed by atoms with Gasteiger partial charge in [-0.2, -0.15) is 0 Å². The van der Waals surface area contributed by atoms with Gasteiger partial charge in [-0.3, -0.25) is 10.1 Å². The minimum Gasteiger partial charge on any atom is -0.474 e. The van der Waals surface area contributed by atoms with Gasteiger partial charge in [-0.15, -0.1) is 12.4 Å². The fourth-order valence-electron chi connectivity index (χ4n) is 4.42. The predicted octanol–water partition coefficient (Wildman–Crippen LogP) is 3.63. The Balaban J connectivity index is 0.00000304. The number of rotatable bonds is 4. The summed E-state index contributed by atoms with van der Waals surface area (Å²) < 4.78 is 26.2. The standard InChI is InChI=1S/C24H25FN6O4.ClH/c1-11-16(9-30-23-21(11)28-3-4-34-23)15-7-12-8-18(29-10-17(12)20(26)19(15)25)31-24(33)35-14-5-13(6-14)22(32)27-2;/h7-10,13-14,28H,3-6,26H2,1-2H3,(H,27,32)(H,29,31,33);1H. The topological polar surface area (TPSA) is 140 Å². The Labute approximate surface area is 212 Å². The Morgan fingerprint density at radius 3 is 2.75 bits per heavy atom. The molecule has 36 heavy (non-hydrogen) atoms. The molecule has 1 aliphatic carbocycles. The third-order valence-corrected chi connectivity index (χ3v) is 6.45. The van der Waals surface area contributed by atoms with Gasteiger partial charge in [-0.05, 0) is 42.8 Å². The summed E-state index contributed by atoms with van der Waals surface area (Å²) in [4.78, 5) is 32.4. The fourth-order valence-corrected chi connectivity index (χ4v) is 4.42. The molecule has 2 aromatic heterocycles. The van der Waals surface area contributed by atoms with Gasteiger partial charge < -0.3 is 25.8 Å². The van der Waals surface area contributed by atoms with Crippen molar-refractivity contribution in [3.63, 3.8) is 0 Å². The summed E-state index contributed by atoms with van der Waals surface area (Å²) in [5, 5.41) is 9.43. The fraction of sp³-hybridized carbons (Fsp3) is 0.333. The van der Waals surface area contributed by atoms with Crippen molar-refractivity contribution in [1.29, 1.82) is 0 Å². The Kier molecular flexibility index (Phi) is 7.02. The number of ether oxygens (including phenoxy) is 2. The first kappa shape index (κ1) is 25.2. The summed E-state index contributed by atoms with van der Waals surface area (Å²) in [6.07, 6.45) is 2.93. The summed E-state index contributed by atoms with van der Waals surface area (Å²) in [7, 11) is 1.58. The number of benzene rings is 1. The molecule has 0 bridgehead atoms.